The molecule has 1 rings (SSSR count). The van der Waals surface area contributed by atoms with E-state index < -0.39 is 21.1 Å². The molecule has 10 heavy (non-hydrogen) atoms. The van der Waals surface area contributed by atoms with E-state index in [-0.39, 0.29) is 0 Å². The summed E-state index contributed by atoms with van der Waals surface area (Å²) in [5, 5.41) is 0. The molecule has 1 aromatic rings. The average Bonchev–Trinajstić information content (AvgIpc) is 2.37. The van der Waals surface area contributed by atoms with E-state index in [1.54, 1.807) is 6.33 Å². The molecule has 3 heteroatoms. The van der Waals surface area contributed by atoms with Gasteiger partial charge in [0, 0.05) is 0 Å². The second-order valence-corrected chi connectivity index (χ2v) is 6.09. The number of unbranched alkanes of at least 4 members (excludes halogenated alkanes) is 1. The van der Waals surface area contributed by atoms with E-state index in [1.807, 2.05) is 6.20 Å². The van der Waals surface area contributed by atoms with Gasteiger partial charge in [-0.25, -0.2) is 0 Å². The van der Waals surface area contributed by atoms with Crippen LogP contribution < -0.4 is 3.71 Å². The van der Waals surface area contributed by atoms with Gasteiger partial charge in [-0.05, 0) is 0 Å². The van der Waals surface area contributed by atoms with Crippen LogP contribution in [0.5, 0.6) is 0 Å². The summed E-state index contributed by atoms with van der Waals surface area (Å²) in [5.74, 6) is 0. The minimum absolute atomic E-state index is 0.415. The van der Waals surface area contributed by atoms with E-state index in [0.29, 0.717) is 0 Å². The zero-order valence-electron chi connectivity index (χ0n) is 7.17. The number of rotatable bonds is 4. The van der Waals surface area contributed by atoms with E-state index in [4.69, 9.17) is 1.41 Å². The van der Waals surface area contributed by atoms with Crippen molar-refractivity contribution in [3.05, 3.63) is 12.5 Å². The molecule has 0 atom stereocenters. The molecule has 2 nitrogen and oxygen atoms in total. The SMILES string of the molecule is [3H]n1cn[c]([Sn][CH2]CCC)c1. The number of H-pyrrole nitrogens is 1. The van der Waals surface area contributed by atoms with Crippen molar-refractivity contribution in [2.24, 2.45) is 0 Å². The number of nitrogens with zero attached hydrogens (tertiary/aromatic N) is 1. The number of aromatic amines is 1. The van der Waals surface area contributed by atoms with Crippen LogP contribution in [-0.2, 0) is 0 Å². The third kappa shape index (κ3) is 2.73. The standard InChI is InChI=1S/C4H9.C3H3N2.Sn/c1-3-4-2;1-2-5-3-4-1;/h1,3-4H2,2H3;1,3H,(H,4,5);/i/hT. The first-order valence-corrected chi connectivity index (χ1v) is 7.04. The molecule has 0 aliphatic rings. The molecule has 0 amide bonds. The van der Waals surface area contributed by atoms with Gasteiger partial charge in [0.05, 0.1) is 0 Å². The third-order valence-electron chi connectivity index (χ3n) is 1.30. The number of imidazole rings is 1. The van der Waals surface area contributed by atoms with E-state index >= 15 is 0 Å². The molecule has 0 spiro atoms. The summed E-state index contributed by atoms with van der Waals surface area (Å²) in [5.41, 5.74) is 0. The summed E-state index contributed by atoms with van der Waals surface area (Å²) in [4.78, 5) is 5.43. The van der Waals surface area contributed by atoms with Crippen molar-refractivity contribution < 1.29 is 1.41 Å². The molecule has 0 fully saturated rings. The number of hydrogen-bond acceptors (Lipinski definition) is 1. The van der Waals surface area contributed by atoms with Gasteiger partial charge >= 0.3 is 73.0 Å². The fraction of sp³-hybridized carbons (Fsp3) is 0.571. The Labute approximate surface area is 73.1 Å². The normalized spacial score (nSPS) is 11.5. The third-order valence-corrected chi connectivity index (χ3v) is 4.79. The fourth-order valence-corrected chi connectivity index (χ4v) is 3.86. The van der Waals surface area contributed by atoms with Crippen molar-refractivity contribution in [3.63, 3.8) is 0 Å². The topological polar surface area (TPSA) is 28.7 Å². The molecule has 2 radical (unpaired) electrons. The fourth-order valence-electron chi connectivity index (χ4n) is 0.717. The Morgan fingerprint density at radius 3 is 3.40 bits per heavy atom. The van der Waals surface area contributed by atoms with E-state index in [0.717, 1.165) is 0 Å². The van der Waals surface area contributed by atoms with Gasteiger partial charge in [0.25, 0.3) is 0 Å². The van der Waals surface area contributed by atoms with Crippen LogP contribution in [0.4, 0.5) is 0 Å². The van der Waals surface area contributed by atoms with Gasteiger partial charge in [-0.15, -0.1) is 0 Å². The molecule has 1 heterocycles. The summed E-state index contributed by atoms with van der Waals surface area (Å²) in [6, 6.07) is 0. The molecular formula is C7H12N2Sn. The van der Waals surface area contributed by atoms with Crippen LogP contribution >= 0.6 is 0 Å². The molecule has 0 aliphatic carbocycles. The zero-order chi connectivity index (χ0) is 8.10. The summed E-state index contributed by atoms with van der Waals surface area (Å²) in [6.45, 7) is 2.21. The van der Waals surface area contributed by atoms with Crippen LogP contribution in [0.25, 0.3) is 0 Å². The van der Waals surface area contributed by atoms with Gasteiger partial charge in [-0.3, -0.25) is 0 Å². The minimum atomic E-state index is -0.415. The predicted molar refractivity (Wildman–Crippen MR) is 43.7 cm³/mol. The van der Waals surface area contributed by atoms with Crippen LogP contribution in [0.2, 0.25) is 5.85 Å². The van der Waals surface area contributed by atoms with Crippen LogP contribution in [-0.4, -0.2) is 31.1 Å². The van der Waals surface area contributed by atoms with Gasteiger partial charge in [0.1, 0.15) is 0 Å². The van der Waals surface area contributed by atoms with Gasteiger partial charge in [-0.2, -0.15) is 0 Å². The number of nitrogens with one attached hydrogen (secondary N) is 1. The first kappa shape index (κ1) is 6.70. The molecule has 1 aromatic heterocycles. The molecule has 0 aromatic carbocycles. The van der Waals surface area contributed by atoms with E-state index in [1.165, 1.54) is 26.0 Å². The van der Waals surface area contributed by atoms with Crippen molar-refractivity contribution in [3.8, 4) is 0 Å². The summed E-state index contributed by atoms with van der Waals surface area (Å²) < 4.78 is 9.74. The summed E-state index contributed by atoms with van der Waals surface area (Å²) >= 11 is -0.415. The van der Waals surface area contributed by atoms with Crippen molar-refractivity contribution in [1.29, 1.82) is 0 Å². The Kier molecular flexibility index (Phi) is 3.20. The molecule has 1 N–H and O–H groups in total. The van der Waals surface area contributed by atoms with Gasteiger partial charge in [0.15, 0.2) is 0 Å². The van der Waals surface area contributed by atoms with Gasteiger partial charge in [0.2, 0.25) is 0 Å². The van der Waals surface area contributed by atoms with E-state index in [2.05, 4.69) is 11.9 Å². The second kappa shape index (κ2) is 4.77. The van der Waals surface area contributed by atoms with Crippen molar-refractivity contribution >= 4 is 24.9 Å². The van der Waals surface area contributed by atoms with Crippen LogP contribution in [0.1, 0.15) is 19.8 Å². The van der Waals surface area contributed by atoms with Crippen LogP contribution in [0, 0.1) is 0 Å². The molecular weight excluding hydrogens is 231 g/mol. The Morgan fingerprint density at radius 1 is 1.90 bits per heavy atom. The predicted octanol–water partition coefficient (Wildman–Crippen LogP) is 0.958. The molecule has 0 saturated heterocycles. The summed E-state index contributed by atoms with van der Waals surface area (Å²) in [6.07, 6.45) is 6.02. The molecule has 0 unspecified atom stereocenters. The quantitative estimate of drug-likeness (QED) is 0.621. The van der Waals surface area contributed by atoms with Gasteiger partial charge < -0.3 is 0 Å². The molecule has 0 saturated carbocycles. The molecule has 0 bridgehead atoms. The molecule has 0 aliphatic heterocycles. The Bertz CT molecular complexity index is 212. The molecule has 54 valence electrons. The van der Waals surface area contributed by atoms with E-state index in [9.17, 15) is 0 Å². The van der Waals surface area contributed by atoms with Crippen molar-refractivity contribution in [1.82, 2.24) is 9.96 Å². The Hall–Kier alpha value is 0.00870. The van der Waals surface area contributed by atoms with Crippen molar-refractivity contribution in [2.75, 3.05) is 0 Å². The Balaban J connectivity index is 2.27. The van der Waals surface area contributed by atoms with Crippen LogP contribution in [0.15, 0.2) is 12.5 Å². The maximum absolute atomic E-state index is 7.18. The van der Waals surface area contributed by atoms with Crippen LogP contribution in [0.3, 0.4) is 0 Å². The number of hydrogen-bond donors (Lipinski definition) is 1. The average molecular weight is 245 g/mol. The second-order valence-electron chi connectivity index (χ2n) is 2.19. The first-order chi connectivity index (χ1) is 5.33. The number of aromatic nitrogens is 2. The van der Waals surface area contributed by atoms with Crippen molar-refractivity contribution in [2.45, 2.75) is 24.2 Å². The first-order valence-electron chi connectivity index (χ1n) is 4.04. The Morgan fingerprint density at radius 2 is 2.80 bits per heavy atom. The zero-order valence-corrected chi connectivity index (χ0v) is 9.02. The maximum atomic E-state index is 7.18. The van der Waals surface area contributed by atoms with Gasteiger partial charge in [-0.1, -0.05) is 0 Å². The summed E-state index contributed by atoms with van der Waals surface area (Å²) in [7, 11) is 0. The monoisotopic (exact) mass is 246 g/mol.